The van der Waals surface area contributed by atoms with Gasteiger partial charge in [-0.3, -0.25) is 0 Å². The molecule has 0 spiro atoms. The van der Waals surface area contributed by atoms with E-state index in [1.54, 1.807) is 0 Å². The third kappa shape index (κ3) is 4.15. The van der Waals surface area contributed by atoms with Crippen LogP contribution < -0.4 is 5.46 Å². The van der Waals surface area contributed by atoms with Crippen LogP contribution in [0.1, 0.15) is 13.8 Å². The number of rotatable bonds is 1. The van der Waals surface area contributed by atoms with Crippen molar-refractivity contribution in [1.29, 1.82) is 0 Å². The van der Waals surface area contributed by atoms with E-state index in [0.29, 0.717) is 0 Å². The molecule has 0 radical (unpaired) electrons. The topological polar surface area (TPSA) is 18.5 Å². The summed E-state index contributed by atoms with van der Waals surface area (Å²) in [6, 6.07) is 18.0. The first kappa shape index (κ1) is 15.3. The molecule has 2 atom stereocenters. The molecular weight excluding hydrogens is 267 g/mol. The Morgan fingerprint density at radius 2 is 1.28 bits per heavy atom. The smallest absolute Gasteiger partial charge is 0.418 e. The molecule has 2 nitrogen and oxygen atoms in total. The van der Waals surface area contributed by atoms with Crippen molar-refractivity contribution in [3.8, 4) is 0 Å². The standard InChI is InChI=1S/C9H12BO2.C5H5.Fe/c1-7-8(2)12-10(11-7)9-5-3-4-6-9;1-2-4-5-3-1;/h3-8H,1-2H3;1-5H;/q-1;-5;/t7-,8+;;. The zero-order valence-electron chi connectivity index (χ0n) is 10.6. The van der Waals surface area contributed by atoms with Gasteiger partial charge in [-0.1, -0.05) is 0 Å². The molecular formula is C14H17BFeO2-6. The van der Waals surface area contributed by atoms with Crippen LogP contribution in [0.3, 0.4) is 0 Å². The normalized spacial score (nSPS) is 22.0. The van der Waals surface area contributed by atoms with Crippen LogP contribution in [0.25, 0.3) is 0 Å². The molecule has 0 unspecified atom stereocenters. The first-order valence-corrected chi connectivity index (χ1v) is 5.96. The SMILES string of the molecule is C[C@@H]1OB([c-]2cccc2)O[C@@H]1C.[Fe].[cH-]1[cH-][cH-][cH-][cH-]1. The van der Waals surface area contributed by atoms with Gasteiger partial charge >= 0.3 is 7.12 Å². The summed E-state index contributed by atoms with van der Waals surface area (Å²) >= 11 is 0. The average Bonchev–Trinajstić information content (AvgIpc) is 3.03. The largest absolute Gasteiger partial charge is 0.748 e. The molecule has 1 aliphatic rings. The molecule has 0 aliphatic carbocycles. The van der Waals surface area contributed by atoms with E-state index in [4.69, 9.17) is 9.31 Å². The fourth-order valence-corrected chi connectivity index (χ4v) is 1.67. The van der Waals surface area contributed by atoms with Crippen LogP contribution in [0.4, 0.5) is 0 Å². The van der Waals surface area contributed by atoms with Crippen molar-refractivity contribution >= 4 is 12.6 Å². The van der Waals surface area contributed by atoms with Gasteiger partial charge in [0.05, 0.1) is 12.2 Å². The molecule has 18 heavy (non-hydrogen) atoms. The maximum atomic E-state index is 5.60. The molecule has 1 fully saturated rings. The summed E-state index contributed by atoms with van der Waals surface area (Å²) in [7, 11) is -0.148. The Morgan fingerprint density at radius 3 is 1.67 bits per heavy atom. The second-order valence-electron chi connectivity index (χ2n) is 4.19. The first-order valence-electron chi connectivity index (χ1n) is 5.96. The van der Waals surface area contributed by atoms with E-state index in [9.17, 15) is 0 Å². The molecule has 2 aromatic rings. The van der Waals surface area contributed by atoms with E-state index < -0.39 is 0 Å². The molecule has 3 rings (SSSR count). The Morgan fingerprint density at radius 1 is 0.889 bits per heavy atom. The number of hydrogen-bond donors (Lipinski definition) is 0. The monoisotopic (exact) mass is 284 g/mol. The van der Waals surface area contributed by atoms with Crippen LogP contribution in [-0.2, 0) is 26.4 Å². The van der Waals surface area contributed by atoms with E-state index in [2.05, 4.69) is 0 Å². The minimum Gasteiger partial charge on any atom is -0.748 e. The third-order valence-corrected chi connectivity index (χ3v) is 2.85. The minimum absolute atomic E-state index is 0. The molecule has 2 aromatic carbocycles. The van der Waals surface area contributed by atoms with Crippen LogP contribution >= 0.6 is 0 Å². The van der Waals surface area contributed by atoms with Crippen molar-refractivity contribution in [3.63, 3.8) is 0 Å². The molecule has 1 heterocycles. The van der Waals surface area contributed by atoms with Gasteiger partial charge in [0, 0.05) is 17.1 Å². The Hall–Kier alpha value is -0.796. The second kappa shape index (κ2) is 7.60. The predicted molar refractivity (Wildman–Crippen MR) is 70.6 cm³/mol. The summed E-state index contributed by atoms with van der Waals surface area (Å²) < 4.78 is 11.2. The minimum atomic E-state index is -0.148. The van der Waals surface area contributed by atoms with Gasteiger partial charge in [-0.2, -0.15) is 12.1 Å². The van der Waals surface area contributed by atoms with Crippen LogP contribution in [0.2, 0.25) is 0 Å². The second-order valence-corrected chi connectivity index (χ2v) is 4.19. The zero-order chi connectivity index (χ0) is 12.1. The molecule has 0 amide bonds. The third-order valence-electron chi connectivity index (χ3n) is 2.85. The van der Waals surface area contributed by atoms with Crippen molar-refractivity contribution in [2.75, 3.05) is 0 Å². The van der Waals surface area contributed by atoms with Crippen LogP contribution in [0, 0.1) is 0 Å². The van der Waals surface area contributed by atoms with E-state index in [0.717, 1.165) is 5.46 Å². The molecule has 1 saturated heterocycles. The predicted octanol–water partition coefficient (Wildman–Crippen LogP) is 2.33. The molecule has 0 aromatic heterocycles. The van der Waals surface area contributed by atoms with Gasteiger partial charge in [-0.15, -0.1) is 5.46 Å². The Labute approximate surface area is 120 Å². The first-order chi connectivity index (χ1) is 8.27. The molecule has 0 saturated carbocycles. The van der Waals surface area contributed by atoms with Gasteiger partial charge in [-0.25, -0.2) is 12.1 Å². The molecule has 1 aliphatic heterocycles. The van der Waals surface area contributed by atoms with Gasteiger partial charge in [0.1, 0.15) is 0 Å². The van der Waals surface area contributed by atoms with E-state index in [1.807, 2.05) is 68.4 Å². The fraction of sp³-hybridized carbons (Fsp3) is 0.286. The average molecular weight is 284 g/mol. The van der Waals surface area contributed by atoms with E-state index >= 15 is 0 Å². The van der Waals surface area contributed by atoms with Crippen molar-refractivity contribution in [3.05, 3.63) is 54.6 Å². The van der Waals surface area contributed by atoms with Crippen LogP contribution in [-0.4, -0.2) is 19.3 Å². The summed E-state index contributed by atoms with van der Waals surface area (Å²) in [4.78, 5) is 0. The number of hydrogen-bond acceptors (Lipinski definition) is 2. The molecule has 102 valence electrons. The summed E-state index contributed by atoms with van der Waals surface area (Å²) in [6.45, 7) is 4.07. The van der Waals surface area contributed by atoms with Crippen molar-refractivity contribution in [2.45, 2.75) is 26.1 Å². The molecule has 4 heteroatoms. The zero-order valence-corrected chi connectivity index (χ0v) is 11.7. The summed E-state index contributed by atoms with van der Waals surface area (Å²) in [5.74, 6) is 0. The maximum Gasteiger partial charge on any atom is 0.418 e. The summed E-state index contributed by atoms with van der Waals surface area (Å²) in [5.41, 5.74) is 1.12. The Bertz CT molecular complexity index is 372. The summed E-state index contributed by atoms with van der Waals surface area (Å²) in [6.07, 6.45) is 0.398. The molecule has 0 N–H and O–H groups in total. The quantitative estimate of drug-likeness (QED) is 0.591. The van der Waals surface area contributed by atoms with Gasteiger partial charge < -0.3 is 39.6 Å². The Balaban J connectivity index is 0.000000230. The maximum absolute atomic E-state index is 5.60. The van der Waals surface area contributed by atoms with Crippen molar-refractivity contribution < 1.29 is 26.4 Å². The van der Waals surface area contributed by atoms with Gasteiger partial charge in [0.2, 0.25) is 0 Å². The van der Waals surface area contributed by atoms with Crippen molar-refractivity contribution in [1.82, 2.24) is 0 Å². The molecule has 0 bridgehead atoms. The fourth-order valence-electron chi connectivity index (χ4n) is 1.67. The van der Waals surface area contributed by atoms with Crippen LogP contribution in [0.5, 0.6) is 0 Å². The Kier molecular flexibility index (Phi) is 6.44. The van der Waals surface area contributed by atoms with Gasteiger partial charge in [0.15, 0.2) is 0 Å². The van der Waals surface area contributed by atoms with Crippen molar-refractivity contribution in [2.24, 2.45) is 0 Å². The van der Waals surface area contributed by atoms with Gasteiger partial charge in [-0.05, 0) is 13.8 Å². The van der Waals surface area contributed by atoms with Crippen LogP contribution in [0.15, 0.2) is 54.6 Å². The van der Waals surface area contributed by atoms with Gasteiger partial charge in [0.25, 0.3) is 0 Å². The summed E-state index contributed by atoms with van der Waals surface area (Å²) in [5, 5.41) is 0. The van der Waals surface area contributed by atoms with E-state index in [1.165, 1.54) is 0 Å². The van der Waals surface area contributed by atoms with E-state index in [-0.39, 0.29) is 36.4 Å².